The predicted molar refractivity (Wildman–Crippen MR) is 100 cm³/mol. The molecule has 0 aliphatic heterocycles. The molecule has 144 valence electrons. The molecule has 0 spiro atoms. The van der Waals surface area contributed by atoms with E-state index in [0.717, 1.165) is 11.1 Å². The van der Waals surface area contributed by atoms with Crippen LogP contribution in [0.2, 0.25) is 0 Å². The van der Waals surface area contributed by atoms with Crippen LogP contribution < -0.4 is 0 Å². The zero-order chi connectivity index (χ0) is 19.4. The maximum Gasteiger partial charge on any atom is 0.312 e. The molecule has 0 bridgehead atoms. The van der Waals surface area contributed by atoms with Crippen molar-refractivity contribution < 1.29 is 22.7 Å². The Labute approximate surface area is 158 Å². The molecule has 0 saturated carbocycles. The predicted octanol–water partition coefficient (Wildman–Crippen LogP) is 2.87. The summed E-state index contributed by atoms with van der Waals surface area (Å²) in [6, 6.07) is 7.48. The first-order valence-corrected chi connectivity index (χ1v) is 9.82. The Bertz CT molecular complexity index is 934. The van der Waals surface area contributed by atoms with Crippen molar-refractivity contribution in [2.75, 3.05) is 12.4 Å². The Morgan fingerprint density at radius 3 is 2.89 bits per heavy atom. The summed E-state index contributed by atoms with van der Waals surface area (Å²) in [4.78, 5) is 16.7. The lowest BCUT2D eigenvalue weighted by molar-refractivity contribution is -0.153. The molecule has 27 heavy (non-hydrogen) atoms. The molecule has 2 aromatic heterocycles. The Morgan fingerprint density at radius 2 is 2.19 bits per heavy atom. The number of hydrogen-bond donors (Lipinski definition) is 1. The molecule has 3 rings (SSSR count). The van der Waals surface area contributed by atoms with E-state index < -0.39 is 22.5 Å². The zero-order valence-corrected chi connectivity index (χ0v) is 15.9. The van der Waals surface area contributed by atoms with Crippen LogP contribution in [0.15, 0.2) is 41.1 Å². The van der Waals surface area contributed by atoms with E-state index in [9.17, 15) is 13.6 Å². The van der Waals surface area contributed by atoms with Crippen LogP contribution in [-0.4, -0.2) is 41.9 Å². The summed E-state index contributed by atoms with van der Waals surface area (Å²) >= 11 is -2.11. The second-order valence-corrected chi connectivity index (χ2v) is 7.41. The van der Waals surface area contributed by atoms with Gasteiger partial charge in [-0.05, 0) is 32.4 Å². The lowest BCUT2D eigenvalue weighted by atomic mass is 9.89. The molecule has 2 unspecified atom stereocenters. The van der Waals surface area contributed by atoms with E-state index in [-0.39, 0.29) is 12.4 Å². The highest BCUT2D eigenvalue weighted by atomic mass is 32.2. The summed E-state index contributed by atoms with van der Waals surface area (Å²) in [7, 11) is 0. The van der Waals surface area contributed by atoms with Gasteiger partial charge in [0.2, 0.25) is 5.89 Å². The molecule has 0 fully saturated rings. The second-order valence-electron chi connectivity index (χ2n) is 6.48. The largest absolute Gasteiger partial charge is 0.466 e. The maximum absolute atomic E-state index is 12.2. The van der Waals surface area contributed by atoms with Crippen molar-refractivity contribution in [3.63, 3.8) is 0 Å². The number of carbonyl (C=O) groups is 1. The van der Waals surface area contributed by atoms with E-state index in [2.05, 4.69) is 10.1 Å². The zero-order valence-electron chi connectivity index (χ0n) is 15.1. The van der Waals surface area contributed by atoms with Crippen LogP contribution in [0, 0.1) is 5.41 Å². The summed E-state index contributed by atoms with van der Waals surface area (Å²) in [6.45, 7) is 3.93. The van der Waals surface area contributed by atoms with Crippen molar-refractivity contribution in [1.29, 1.82) is 0 Å². The molecule has 1 N–H and O–H groups in total. The first-order chi connectivity index (χ1) is 12.9. The fourth-order valence-electron chi connectivity index (χ4n) is 2.76. The summed E-state index contributed by atoms with van der Waals surface area (Å²) in [5.41, 5.74) is 1.11. The number of esters is 1. The van der Waals surface area contributed by atoms with E-state index in [0.29, 0.717) is 24.4 Å². The highest BCUT2D eigenvalue weighted by Gasteiger charge is 2.36. The normalized spacial score (nSPS) is 14.8. The highest BCUT2D eigenvalue weighted by molar-refractivity contribution is 7.79. The van der Waals surface area contributed by atoms with Crippen molar-refractivity contribution >= 4 is 28.1 Å². The van der Waals surface area contributed by atoms with Gasteiger partial charge in [0.15, 0.2) is 16.7 Å². The van der Waals surface area contributed by atoms with E-state index in [1.165, 1.54) is 0 Å². The highest BCUT2D eigenvalue weighted by Crippen LogP contribution is 2.27. The number of aromatic nitrogens is 3. The van der Waals surface area contributed by atoms with Crippen molar-refractivity contribution in [1.82, 2.24) is 14.8 Å². The Hall–Kier alpha value is -2.52. The monoisotopic (exact) mass is 391 g/mol. The van der Waals surface area contributed by atoms with E-state index in [4.69, 9.17) is 9.15 Å². The number of rotatable bonds is 8. The van der Waals surface area contributed by atoms with Crippen molar-refractivity contribution in [2.45, 2.75) is 26.8 Å². The van der Waals surface area contributed by atoms with Gasteiger partial charge in [0.25, 0.3) is 0 Å². The summed E-state index contributed by atoms with van der Waals surface area (Å²) in [5.74, 6) is -0.212. The minimum Gasteiger partial charge on any atom is -0.466 e. The van der Waals surface area contributed by atoms with Gasteiger partial charge >= 0.3 is 5.97 Å². The Kier molecular flexibility index (Phi) is 5.71. The van der Waals surface area contributed by atoms with Crippen LogP contribution in [0.3, 0.4) is 0 Å². The quantitative estimate of drug-likeness (QED) is 0.465. The SMILES string of the molecule is CCOC(=O)C(C)(CCn1cc(-c2nc3ccccc3o2)cn1)CS(=O)O. The van der Waals surface area contributed by atoms with Gasteiger partial charge in [-0.2, -0.15) is 5.10 Å². The molecule has 0 aliphatic carbocycles. The van der Waals surface area contributed by atoms with Crippen molar-refractivity contribution in [3.05, 3.63) is 36.7 Å². The van der Waals surface area contributed by atoms with Crippen LogP contribution in [0.5, 0.6) is 0 Å². The molecule has 9 heteroatoms. The molecule has 2 atom stereocenters. The van der Waals surface area contributed by atoms with Crippen LogP contribution >= 0.6 is 0 Å². The third-order valence-electron chi connectivity index (χ3n) is 4.28. The summed E-state index contributed by atoms with van der Waals surface area (Å²) < 4.78 is 33.0. The smallest absolute Gasteiger partial charge is 0.312 e. The van der Waals surface area contributed by atoms with E-state index in [1.54, 1.807) is 30.9 Å². The van der Waals surface area contributed by atoms with Crippen molar-refractivity contribution in [2.24, 2.45) is 5.41 Å². The van der Waals surface area contributed by atoms with E-state index >= 15 is 0 Å². The molecule has 3 aromatic rings. The van der Waals surface area contributed by atoms with Crippen LogP contribution in [0.4, 0.5) is 0 Å². The summed E-state index contributed by atoms with van der Waals surface area (Å²) in [6.07, 6.45) is 3.72. The lowest BCUT2D eigenvalue weighted by Gasteiger charge is -2.25. The van der Waals surface area contributed by atoms with Crippen LogP contribution in [0.25, 0.3) is 22.6 Å². The average Bonchev–Trinajstić information content (AvgIpc) is 3.26. The Balaban J connectivity index is 1.74. The number of carbonyl (C=O) groups excluding carboxylic acids is 1. The number of nitrogens with zero attached hydrogens (tertiary/aromatic N) is 3. The number of hydrogen-bond acceptors (Lipinski definition) is 6. The van der Waals surface area contributed by atoms with Gasteiger partial charge in [-0.25, -0.2) is 9.19 Å². The van der Waals surface area contributed by atoms with Gasteiger partial charge in [-0.15, -0.1) is 0 Å². The molecular formula is C18H21N3O5S. The molecule has 8 nitrogen and oxygen atoms in total. The fourth-order valence-corrected chi connectivity index (χ4v) is 3.57. The van der Waals surface area contributed by atoms with Gasteiger partial charge in [-0.3, -0.25) is 9.48 Å². The van der Waals surface area contributed by atoms with E-state index in [1.807, 2.05) is 24.3 Å². The molecule has 2 heterocycles. The van der Waals surface area contributed by atoms with Crippen molar-refractivity contribution in [3.8, 4) is 11.5 Å². The summed E-state index contributed by atoms with van der Waals surface area (Å²) in [5, 5.41) is 4.28. The average molecular weight is 391 g/mol. The number of aryl methyl sites for hydroxylation is 1. The standard InChI is InChI=1S/C18H21N3O5S/c1-3-25-17(22)18(2,12-27(23)24)8-9-21-11-13(10-19-21)16-20-14-6-4-5-7-15(14)26-16/h4-7,10-11H,3,8-9,12H2,1-2H3,(H,23,24). The fraction of sp³-hybridized carbons (Fsp3) is 0.389. The number of benzene rings is 1. The molecule has 0 radical (unpaired) electrons. The molecular weight excluding hydrogens is 370 g/mol. The van der Waals surface area contributed by atoms with Gasteiger partial charge in [0, 0.05) is 12.7 Å². The number of oxazole rings is 1. The molecule has 1 aromatic carbocycles. The molecule has 0 amide bonds. The minimum absolute atomic E-state index is 0.189. The van der Waals surface area contributed by atoms with Gasteiger partial charge in [-0.1, -0.05) is 12.1 Å². The van der Waals surface area contributed by atoms with Crippen LogP contribution in [-0.2, 0) is 27.2 Å². The minimum atomic E-state index is -2.11. The van der Waals surface area contributed by atoms with Gasteiger partial charge in [0.05, 0.1) is 29.5 Å². The molecule has 0 aliphatic rings. The third kappa shape index (κ3) is 4.42. The molecule has 0 saturated heterocycles. The first kappa shape index (κ1) is 19.2. The van der Waals surface area contributed by atoms with Gasteiger partial charge < -0.3 is 13.7 Å². The second kappa shape index (κ2) is 8.01. The topological polar surface area (TPSA) is 107 Å². The third-order valence-corrected chi connectivity index (χ3v) is 5.16. The number of fused-ring (bicyclic) bond motifs is 1. The number of ether oxygens (including phenoxy) is 1. The Morgan fingerprint density at radius 1 is 1.41 bits per heavy atom. The number of para-hydroxylation sites is 2. The lowest BCUT2D eigenvalue weighted by Crippen LogP contribution is -2.36. The first-order valence-electron chi connectivity index (χ1n) is 8.54. The van der Waals surface area contributed by atoms with Crippen LogP contribution in [0.1, 0.15) is 20.3 Å². The van der Waals surface area contributed by atoms with Gasteiger partial charge in [0.1, 0.15) is 5.52 Å². The maximum atomic E-state index is 12.2.